The zero-order valence-corrected chi connectivity index (χ0v) is 13.3. The molecule has 0 aliphatic rings. The van der Waals surface area contributed by atoms with Crippen molar-refractivity contribution in [2.75, 3.05) is 5.75 Å². The van der Waals surface area contributed by atoms with Crippen LogP contribution in [-0.4, -0.2) is 15.9 Å². The van der Waals surface area contributed by atoms with Crippen LogP contribution in [0.3, 0.4) is 0 Å². The molecule has 6 heteroatoms. The highest BCUT2D eigenvalue weighted by Crippen LogP contribution is 2.19. The van der Waals surface area contributed by atoms with Gasteiger partial charge in [0.15, 0.2) is 5.78 Å². The molecule has 0 aliphatic carbocycles. The summed E-state index contributed by atoms with van der Waals surface area (Å²) in [4.78, 5) is 15.6. The lowest BCUT2D eigenvalue weighted by atomic mass is 10.1. The van der Waals surface area contributed by atoms with Crippen molar-refractivity contribution in [2.24, 2.45) is 4.99 Å². The van der Waals surface area contributed by atoms with E-state index in [0.717, 1.165) is 12.2 Å². The molecule has 0 N–H and O–H groups in total. The molecule has 0 heterocycles. The fraction of sp³-hybridized carbons (Fsp3) is 0.214. The van der Waals surface area contributed by atoms with E-state index in [1.165, 1.54) is 29.6 Å². The fourth-order valence-electron chi connectivity index (χ4n) is 1.19. The Morgan fingerprint density at radius 1 is 1.45 bits per heavy atom. The highest BCUT2D eigenvalue weighted by molar-refractivity contribution is 8.40. The van der Waals surface area contributed by atoms with Gasteiger partial charge in [-0.1, -0.05) is 42.0 Å². The van der Waals surface area contributed by atoms with E-state index in [4.69, 9.17) is 16.9 Å². The van der Waals surface area contributed by atoms with Gasteiger partial charge in [0.1, 0.15) is 4.38 Å². The van der Waals surface area contributed by atoms with Crippen molar-refractivity contribution in [1.82, 2.24) is 0 Å². The molecule has 104 valence electrons. The largest absolute Gasteiger partial charge is 0.289 e. The van der Waals surface area contributed by atoms with Crippen molar-refractivity contribution >= 4 is 45.3 Å². The van der Waals surface area contributed by atoms with Crippen LogP contribution in [0.15, 0.2) is 40.7 Å². The van der Waals surface area contributed by atoms with E-state index in [-0.39, 0.29) is 5.78 Å². The summed E-state index contributed by atoms with van der Waals surface area (Å²) in [6.45, 7) is 2.06. The van der Waals surface area contributed by atoms with Gasteiger partial charge in [0.25, 0.3) is 0 Å². The van der Waals surface area contributed by atoms with Gasteiger partial charge in [-0.2, -0.15) is 10.3 Å². The van der Waals surface area contributed by atoms with E-state index in [0.29, 0.717) is 15.0 Å². The smallest absolute Gasteiger partial charge is 0.207 e. The van der Waals surface area contributed by atoms with Gasteiger partial charge in [0.05, 0.1) is 0 Å². The Labute approximate surface area is 132 Å². The van der Waals surface area contributed by atoms with Gasteiger partial charge < -0.3 is 0 Å². The number of hydrogen-bond donors (Lipinski definition) is 0. The zero-order chi connectivity index (χ0) is 14.8. The summed E-state index contributed by atoms with van der Waals surface area (Å²) >= 11 is 8.54. The van der Waals surface area contributed by atoms with Gasteiger partial charge in [-0.25, -0.2) is 0 Å². The molecule has 0 amide bonds. The van der Waals surface area contributed by atoms with Crippen LogP contribution in [0.2, 0.25) is 5.02 Å². The number of nitrogens with zero attached hydrogens (tertiary/aromatic N) is 2. The normalized spacial score (nSPS) is 11.6. The van der Waals surface area contributed by atoms with Crippen LogP contribution in [0, 0.1) is 11.5 Å². The minimum absolute atomic E-state index is 0.106. The minimum atomic E-state index is -0.106. The Bertz CT molecular complexity index is 547. The molecule has 3 nitrogen and oxygen atoms in total. The number of hydrogen-bond acceptors (Lipinski definition) is 5. The van der Waals surface area contributed by atoms with Crippen molar-refractivity contribution in [3.63, 3.8) is 0 Å². The second kappa shape index (κ2) is 9.65. The zero-order valence-electron chi connectivity index (χ0n) is 10.9. The van der Waals surface area contributed by atoms with E-state index < -0.39 is 0 Å². The maximum atomic E-state index is 11.9. The topological polar surface area (TPSA) is 53.2 Å². The third-order valence-electron chi connectivity index (χ3n) is 2.09. The van der Waals surface area contributed by atoms with Gasteiger partial charge in [-0.15, -0.1) is 0 Å². The van der Waals surface area contributed by atoms with Crippen LogP contribution in [0.1, 0.15) is 23.7 Å². The molecular formula is C14H13ClN2OS2. The summed E-state index contributed by atoms with van der Waals surface area (Å²) in [5, 5.41) is 10.8. The molecular weight excluding hydrogens is 312 g/mol. The maximum absolute atomic E-state index is 11.9. The highest BCUT2D eigenvalue weighted by atomic mass is 35.5. The van der Waals surface area contributed by atoms with Crippen molar-refractivity contribution in [2.45, 2.75) is 13.3 Å². The van der Waals surface area contributed by atoms with Gasteiger partial charge >= 0.3 is 0 Å². The first-order valence-electron chi connectivity index (χ1n) is 5.90. The molecule has 0 radical (unpaired) electrons. The van der Waals surface area contributed by atoms with E-state index >= 15 is 0 Å². The summed E-state index contributed by atoms with van der Waals surface area (Å²) in [7, 11) is 0. The Balaban J connectivity index is 2.58. The molecule has 0 spiro atoms. The molecule has 0 aromatic heterocycles. The number of carbonyl (C=O) groups is 1. The van der Waals surface area contributed by atoms with Crippen molar-refractivity contribution in [1.29, 1.82) is 5.26 Å². The van der Waals surface area contributed by atoms with Gasteiger partial charge in [-0.05, 0) is 47.9 Å². The number of aliphatic imine (C=N–C) groups is 1. The molecule has 0 saturated carbocycles. The number of halogens is 1. The second-order valence-electron chi connectivity index (χ2n) is 3.62. The van der Waals surface area contributed by atoms with Crippen LogP contribution < -0.4 is 0 Å². The van der Waals surface area contributed by atoms with Crippen molar-refractivity contribution in [3.05, 3.63) is 46.3 Å². The van der Waals surface area contributed by atoms with Crippen LogP contribution >= 0.6 is 35.1 Å². The number of allylic oxidation sites excluding steroid dienone is 1. The summed E-state index contributed by atoms with van der Waals surface area (Å²) in [5.41, 5.74) is 0.575. The lowest BCUT2D eigenvalue weighted by Crippen LogP contribution is -1.93. The Kier molecular flexibility index (Phi) is 8.12. The number of thioether (sulfide) groups is 2. The lowest BCUT2D eigenvalue weighted by Gasteiger charge is -1.98. The Hall–Kier alpha value is -1.22. The van der Waals surface area contributed by atoms with Crippen LogP contribution in [0.25, 0.3) is 0 Å². The number of carbonyl (C=O) groups excluding carboxylic acids is 1. The van der Waals surface area contributed by atoms with E-state index in [1.807, 2.05) is 0 Å². The van der Waals surface area contributed by atoms with E-state index in [9.17, 15) is 4.79 Å². The second-order valence-corrected chi connectivity index (χ2v) is 6.29. The molecule has 0 saturated heterocycles. The van der Waals surface area contributed by atoms with Crippen LogP contribution in [-0.2, 0) is 0 Å². The number of nitriles is 1. The molecule has 0 fully saturated rings. The molecule has 0 aliphatic heterocycles. The summed E-state index contributed by atoms with van der Waals surface area (Å²) < 4.78 is 0.648. The predicted molar refractivity (Wildman–Crippen MR) is 88.3 cm³/mol. The third-order valence-corrected chi connectivity index (χ3v) is 4.50. The average molecular weight is 325 g/mol. The molecule has 20 heavy (non-hydrogen) atoms. The van der Waals surface area contributed by atoms with Gasteiger partial charge in [0.2, 0.25) is 6.19 Å². The molecule has 0 unspecified atom stereocenters. The molecule has 1 aromatic carbocycles. The predicted octanol–water partition coefficient (Wildman–Crippen LogP) is 4.75. The Morgan fingerprint density at radius 2 is 2.15 bits per heavy atom. The van der Waals surface area contributed by atoms with Gasteiger partial charge in [0, 0.05) is 10.6 Å². The number of ketones is 1. The first-order valence-corrected chi connectivity index (χ1v) is 8.14. The molecule has 1 aromatic rings. The standard InChI is InChI=1S/C14H13ClN2OS2/c1-2-8-19-14(17-10-16)20-9-7-13(18)11-3-5-12(15)6-4-11/h3-7,9H,2,8H2,1H3/b9-7+,17-14?. The Morgan fingerprint density at radius 3 is 2.75 bits per heavy atom. The summed E-state index contributed by atoms with van der Waals surface area (Å²) in [6.07, 6.45) is 4.23. The fourth-order valence-corrected chi connectivity index (χ4v) is 2.89. The maximum Gasteiger partial charge on any atom is 0.207 e. The van der Waals surface area contributed by atoms with Crippen molar-refractivity contribution in [3.8, 4) is 6.19 Å². The third kappa shape index (κ3) is 6.29. The van der Waals surface area contributed by atoms with Crippen LogP contribution in [0.4, 0.5) is 0 Å². The average Bonchev–Trinajstić information content (AvgIpc) is 2.45. The monoisotopic (exact) mass is 324 g/mol. The lowest BCUT2D eigenvalue weighted by molar-refractivity contribution is 0.104. The minimum Gasteiger partial charge on any atom is -0.289 e. The molecule has 1 rings (SSSR count). The number of rotatable bonds is 5. The first-order chi connectivity index (χ1) is 9.67. The summed E-state index contributed by atoms with van der Waals surface area (Å²) in [6, 6.07) is 6.70. The van der Waals surface area contributed by atoms with E-state index in [1.54, 1.807) is 35.9 Å². The molecule has 0 atom stereocenters. The molecule has 0 bridgehead atoms. The van der Waals surface area contributed by atoms with Crippen molar-refractivity contribution < 1.29 is 4.79 Å². The SMILES string of the molecule is CCCSC(=NC#N)S/C=C/C(=O)c1ccc(Cl)cc1. The quantitative estimate of drug-likeness (QED) is 0.258. The van der Waals surface area contributed by atoms with Gasteiger partial charge in [-0.3, -0.25) is 4.79 Å². The first kappa shape index (κ1) is 16.8. The highest BCUT2D eigenvalue weighted by Gasteiger charge is 2.02. The van der Waals surface area contributed by atoms with Crippen LogP contribution in [0.5, 0.6) is 0 Å². The summed E-state index contributed by atoms with van der Waals surface area (Å²) in [5.74, 6) is 0.790. The van der Waals surface area contributed by atoms with E-state index in [2.05, 4.69) is 11.9 Å². The number of benzene rings is 1.